The number of thiazole rings is 1. The highest BCUT2D eigenvalue weighted by Gasteiger charge is 2.31. The molecular weight excluding hydrogens is 405 g/mol. The van der Waals surface area contributed by atoms with E-state index in [9.17, 15) is 14.0 Å². The molecule has 30 heavy (non-hydrogen) atoms. The van der Waals surface area contributed by atoms with Crippen LogP contribution in [0.5, 0.6) is 5.75 Å². The van der Waals surface area contributed by atoms with Gasteiger partial charge in [-0.3, -0.25) is 14.2 Å². The molecule has 8 heteroatoms. The lowest BCUT2D eigenvalue weighted by Gasteiger charge is -2.24. The number of amides is 1. The molecule has 1 aliphatic rings. The number of nitrogens with zero attached hydrogens (tertiary/aromatic N) is 2. The standard InChI is InChI=1S/C22H18FN3O3S/c1-12-18(20(24)27)19(14-5-9-16(29-2)10-6-14)26-21(28)17(30-22(26)25-12)11-13-3-7-15(23)8-4-13/h3-11,19H,1-2H3,(H2,24,27)/b17-11-. The molecule has 0 aliphatic carbocycles. The molecule has 1 atom stereocenters. The highest BCUT2D eigenvalue weighted by atomic mass is 32.1. The van der Waals surface area contributed by atoms with Crippen LogP contribution >= 0.6 is 11.3 Å². The molecule has 1 unspecified atom stereocenters. The third-order valence-corrected chi connectivity index (χ3v) is 5.87. The van der Waals surface area contributed by atoms with Crippen LogP contribution in [0.25, 0.3) is 6.08 Å². The van der Waals surface area contributed by atoms with E-state index in [1.165, 1.54) is 28.0 Å². The van der Waals surface area contributed by atoms with Crippen LogP contribution < -0.4 is 25.4 Å². The van der Waals surface area contributed by atoms with E-state index in [2.05, 4.69) is 4.99 Å². The number of nitrogens with two attached hydrogens (primary N) is 1. The van der Waals surface area contributed by atoms with E-state index in [-0.39, 0.29) is 16.9 Å². The first kappa shape index (κ1) is 19.8. The van der Waals surface area contributed by atoms with Crippen molar-refractivity contribution in [1.29, 1.82) is 0 Å². The fourth-order valence-corrected chi connectivity index (χ4v) is 4.49. The number of benzene rings is 2. The largest absolute Gasteiger partial charge is 0.497 e. The predicted octanol–water partition coefficient (Wildman–Crippen LogP) is 1.87. The Labute approximate surface area is 175 Å². The fraction of sp³-hybridized carbons (Fsp3) is 0.136. The van der Waals surface area contributed by atoms with Gasteiger partial charge in [0.15, 0.2) is 4.80 Å². The van der Waals surface area contributed by atoms with Gasteiger partial charge < -0.3 is 10.5 Å². The number of carbonyl (C=O) groups excluding carboxylic acids is 1. The second-order valence-electron chi connectivity index (χ2n) is 6.77. The molecule has 2 aromatic carbocycles. The molecule has 4 rings (SSSR count). The number of rotatable bonds is 4. The lowest BCUT2D eigenvalue weighted by Crippen LogP contribution is -2.40. The van der Waals surface area contributed by atoms with Gasteiger partial charge in [0.05, 0.1) is 29.0 Å². The van der Waals surface area contributed by atoms with Gasteiger partial charge in [0.25, 0.3) is 5.56 Å². The summed E-state index contributed by atoms with van der Waals surface area (Å²) in [5.74, 6) is -0.330. The first-order valence-electron chi connectivity index (χ1n) is 9.11. The molecule has 0 spiro atoms. The minimum Gasteiger partial charge on any atom is -0.497 e. The van der Waals surface area contributed by atoms with Gasteiger partial charge in [-0.1, -0.05) is 35.6 Å². The molecule has 152 valence electrons. The van der Waals surface area contributed by atoms with Crippen LogP contribution in [0.1, 0.15) is 24.1 Å². The van der Waals surface area contributed by atoms with Crippen molar-refractivity contribution in [3.8, 4) is 5.75 Å². The second kappa shape index (κ2) is 7.72. The molecule has 0 saturated carbocycles. The molecule has 0 fully saturated rings. The van der Waals surface area contributed by atoms with Crippen molar-refractivity contribution >= 4 is 23.3 Å². The number of primary amides is 1. The topological polar surface area (TPSA) is 86.7 Å². The Kier molecular flexibility index (Phi) is 5.09. The van der Waals surface area contributed by atoms with Gasteiger partial charge in [0.1, 0.15) is 11.6 Å². The monoisotopic (exact) mass is 423 g/mol. The first-order chi connectivity index (χ1) is 14.4. The lowest BCUT2D eigenvalue weighted by atomic mass is 9.95. The highest BCUT2D eigenvalue weighted by molar-refractivity contribution is 7.07. The van der Waals surface area contributed by atoms with Crippen LogP contribution in [0.4, 0.5) is 4.39 Å². The zero-order chi connectivity index (χ0) is 21.4. The summed E-state index contributed by atoms with van der Waals surface area (Å²) in [7, 11) is 1.56. The minimum atomic E-state index is -0.694. The third-order valence-electron chi connectivity index (χ3n) is 4.89. The zero-order valence-corrected chi connectivity index (χ0v) is 17.1. The van der Waals surface area contributed by atoms with Gasteiger partial charge in [-0.05, 0) is 48.4 Å². The van der Waals surface area contributed by atoms with Crippen molar-refractivity contribution in [1.82, 2.24) is 4.57 Å². The van der Waals surface area contributed by atoms with Gasteiger partial charge in [-0.25, -0.2) is 9.38 Å². The summed E-state index contributed by atoms with van der Waals surface area (Å²) in [6.45, 7) is 1.70. The van der Waals surface area contributed by atoms with E-state index in [0.717, 1.165) is 0 Å². The number of aromatic nitrogens is 1. The zero-order valence-electron chi connectivity index (χ0n) is 16.3. The molecule has 1 aromatic heterocycles. The van der Waals surface area contributed by atoms with E-state index in [1.807, 2.05) is 0 Å². The molecular formula is C22H18FN3O3S. The first-order valence-corrected chi connectivity index (χ1v) is 9.92. The number of allylic oxidation sites excluding steroid dienone is 1. The van der Waals surface area contributed by atoms with Gasteiger partial charge in [0.2, 0.25) is 5.91 Å². The van der Waals surface area contributed by atoms with E-state index in [0.29, 0.717) is 31.9 Å². The number of hydrogen-bond donors (Lipinski definition) is 1. The van der Waals surface area contributed by atoms with Gasteiger partial charge in [-0.2, -0.15) is 0 Å². The summed E-state index contributed by atoms with van der Waals surface area (Å²) in [6, 6.07) is 12.3. The van der Waals surface area contributed by atoms with Crippen molar-refractivity contribution in [2.75, 3.05) is 7.11 Å². The van der Waals surface area contributed by atoms with Gasteiger partial charge >= 0.3 is 0 Å². The molecule has 6 nitrogen and oxygen atoms in total. The summed E-state index contributed by atoms with van der Waals surface area (Å²) in [5, 5.41) is 0. The molecule has 2 N–H and O–H groups in total. The number of methoxy groups -OCH3 is 1. The van der Waals surface area contributed by atoms with Crippen LogP contribution in [0.2, 0.25) is 0 Å². The van der Waals surface area contributed by atoms with Gasteiger partial charge in [-0.15, -0.1) is 0 Å². The molecule has 0 bridgehead atoms. The van der Waals surface area contributed by atoms with Crippen LogP contribution in [0.3, 0.4) is 0 Å². The minimum absolute atomic E-state index is 0.265. The second-order valence-corrected chi connectivity index (χ2v) is 7.78. The van der Waals surface area contributed by atoms with Crippen molar-refractivity contribution in [3.05, 3.63) is 96.4 Å². The number of fused-ring (bicyclic) bond motifs is 1. The summed E-state index contributed by atoms with van der Waals surface area (Å²) < 4.78 is 20.3. The summed E-state index contributed by atoms with van der Waals surface area (Å²) >= 11 is 1.21. The predicted molar refractivity (Wildman–Crippen MR) is 112 cm³/mol. The Balaban J connectivity index is 1.94. The molecule has 1 aliphatic heterocycles. The summed E-state index contributed by atoms with van der Waals surface area (Å²) in [4.78, 5) is 30.4. The number of carbonyl (C=O) groups is 1. The van der Waals surface area contributed by atoms with Crippen LogP contribution in [-0.4, -0.2) is 17.6 Å². The van der Waals surface area contributed by atoms with E-state index < -0.39 is 11.9 Å². The summed E-state index contributed by atoms with van der Waals surface area (Å²) in [6.07, 6.45) is 1.68. The van der Waals surface area contributed by atoms with Crippen molar-refractivity contribution in [2.24, 2.45) is 10.7 Å². The Hall–Kier alpha value is -3.52. The molecule has 2 heterocycles. The normalized spacial score (nSPS) is 16.2. The maximum absolute atomic E-state index is 13.3. The molecule has 0 radical (unpaired) electrons. The van der Waals surface area contributed by atoms with Crippen molar-refractivity contribution < 1.29 is 13.9 Å². The average Bonchev–Trinajstić information content (AvgIpc) is 3.03. The maximum atomic E-state index is 13.3. The third kappa shape index (κ3) is 3.46. The Morgan fingerprint density at radius 2 is 1.87 bits per heavy atom. The smallest absolute Gasteiger partial charge is 0.271 e. The fourth-order valence-electron chi connectivity index (χ4n) is 3.45. The average molecular weight is 423 g/mol. The van der Waals surface area contributed by atoms with Crippen LogP contribution in [-0.2, 0) is 4.79 Å². The van der Waals surface area contributed by atoms with Crippen LogP contribution in [0, 0.1) is 5.82 Å². The van der Waals surface area contributed by atoms with E-state index in [4.69, 9.17) is 10.5 Å². The summed E-state index contributed by atoms with van der Waals surface area (Å²) in [5.41, 5.74) is 7.50. The van der Waals surface area contributed by atoms with Crippen molar-refractivity contribution in [2.45, 2.75) is 13.0 Å². The number of hydrogen-bond acceptors (Lipinski definition) is 5. The Morgan fingerprint density at radius 3 is 2.47 bits per heavy atom. The molecule has 3 aromatic rings. The SMILES string of the molecule is COc1ccc(C2C(C(N)=O)=C(C)N=c3s/c(=C\c4ccc(F)cc4)c(=O)n32)cc1. The van der Waals surface area contributed by atoms with E-state index in [1.54, 1.807) is 56.5 Å². The Morgan fingerprint density at radius 1 is 1.20 bits per heavy atom. The number of halogens is 1. The number of ether oxygens (including phenoxy) is 1. The van der Waals surface area contributed by atoms with E-state index >= 15 is 0 Å². The van der Waals surface area contributed by atoms with Crippen LogP contribution in [0.15, 0.2) is 69.6 Å². The Bertz CT molecular complexity index is 1340. The molecule has 0 saturated heterocycles. The maximum Gasteiger partial charge on any atom is 0.271 e. The highest BCUT2D eigenvalue weighted by Crippen LogP contribution is 2.30. The lowest BCUT2D eigenvalue weighted by molar-refractivity contribution is -0.115. The van der Waals surface area contributed by atoms with Gasteiger partial charge in [0, 0.05) is 0 Å². The molecule has 1 amide bonds. The van der Waals surface area contributed by atoms with Crippen molar-refractivity contribution in [3.63, 3.8) is 0 Å². The quantitative estimate of drug-likeness (QED) is 0.695.